The molecule has 0 unspecified atom stereocenters. The Hall–Kier alpha value is -2.76. The van der Waals surface area contributed by atoms with Crippen molar-refractivity contribution in [3.05, 3.63) is 56.2 Å². The van der Waals surface area contributed by atoms with Gasteiger partial charge in [0.1, 0.15) is 27.2 Å². The number of nitrogens with zero attached hydrogens (tertiary/aromatic N) is 1. The van der Waals surface area contributed by atoms with Crippen LogP contribution in [0.25, 0.3) is 11.1 Å². The molecule has 6 nitrogen and oxygen atoms in total. The minimum absolute atomic E-state index is 0.0533. The average molecular weight is 332 g/mol. The highest BCUT2D eigenvalue weighted by Gasteiger charge is 2.15. The molecular formula is C17H14B2N2O4. The lowest BCUT2D eigenvalue weighted by molar-refractivity contribution is 0.207. The first-order valence-electron chi connectivity index (χ1n) is 7.77. The topological polar surface area (TPSA) is 85.2 Å². The van der Waals surface area contributed by atoms with Gasteiger partial charge in [-0.05, 0) is 24.5 Å². The Labute approximate surface area is 146 Å². The number of rotatable bonds is 4. The third-order valence-corrected chi connectivity index (χ3v) is 3.81. The second-order valence-electron chi connectivity index (χ2n) is 5.69. The summed E-state index contributed by atoms with van der Waals surface area (Å²) in [5.74, 6) is 0. The normalized spacial score (nSPS) is 12.2. The molecule has 0 amide bonds. The zero-order chi connectivity index (χ0) is 18.1. The van der Waals surface area contributed by atoms with Gasteiger partial charge in [0, 0.05) is 6.07 Å². The molecule has 0 fully saturated rings. The predicted octanol–water partition coefficient (Wildman–Crippen LogP) is 0.166. The number of hydrogen-bond donors (Lipinski definition) is 1. The standard InChI is InChI=1S/C17H14B2N2O4/c1-3-9-6-13(22)25-16-14(9)15(23)20-17(21-16)24-8(2)10-4-11(18)7-12(19)5-10/h4-8H,3H2,1-2H3,(H,20,21,23)/t8-/m0/s1. The van der Waals surface area contributed by atoms with E-state index in [4.69, 9.17) is 24.8 Å². The molecule has 0 spiro atoms. The van der Waals surface area contributed by atoms with E-state index in [0.717, 1.165) is 5.56 Å². The first-order valence-corrected chi connectivity index (χ1v) is 7.77. The Kier molecular flexibility index (Phi) is 4.53. The summed E-state index contributed by atoms with van der Waals surface area (Å²) in [4.78, 5) is 30.6. The summed E-state index contributed by atoms with van der Waals surface area (Å²) in [6.45, 7) is 3.60. The van der Waals surface area contributed by atoms with Crippen LogP contribution in [-0.2, 0) is 6.42 Å². The number of ether oxygens (including phenoxy) is 1. The van der Waals surface area contributed by atoms with Crippen LogP contribution in [-0.4, -0.2) is 25.7 Å². The molecule has 1 atom stereocenters. The van der Waals surface area contributed by atoms with Gasteiger partial charge in [0.2, 0.25) is 5.71 Å². The largest absolute Gasteiger partial charge is 0.457 e. The maximum absolute atomic E-state index is 12.3. The monoisotopic (exact) mass is 332 g/mol. The van der Waals surface area contributed by atoms with Gasteiger partial charge in [-0.3, -0.25) is 9.78 Å². The third-order valence-electron chi connectivity index (χ3n) is 3.81. The van der Waals surface area contributed by atoms with E-state index in [9.17, 15) is 9.59 Å². The zero-order valence-corrected chi connectivity index (χ0v) is 13.8. The summed E-state index contributed by atoms with van der Waals surface area (Å²) < 4.78 is 10.7. The number of aromatic nitrogens is 2. The Balaban J connectivity index is 2.02. The summed E-state index contributed by atoms with van der Waals surface area (Å²) in [6.07, 6.45) is 0.0268. The van der Waals surface area contributed by atoms with Gasteiger partial charge in [0.25, 0.3) is 11.6 Å². The van der Waals surface area contributed by atoms with Crippen LogP contribution in [0, 0.1) is 0 Å². The Morgan fingerprint density at radius 3 is 2.52 bits per heavy atom. The number of nitrogens with one attached hydrogen (secondary N) is 1. The molecule has 4 radical (unpaired) electrons. The zero-order valence-electron chi connectivity index (χ0n) is 13.8. The summed E-state index contributed by atoms with van der Waals surface area (Å²) >= 11 is 0. The van der Waals surface area contributed by atoms with Crippen LogP contribution in [0.3, 0.4) is 0 Å². The molecule has 0 saturated heterocycles. The molecule has 0 aliphatic heterocycles. The van der Waals surface area contributed by atoms with Crippen LogP contribution < -0.4 is 26.8 Å². The highest BCUT2D eigenvalue weighted by Crippen LogP contribution is 2.19. The van der Waals surface area contributed by atoms with E-state index in [1.54, 1.807) is 25.1 Å². The van der Waals surface area contributed by atoms with Crippen molar-refractivity contribution < 1.29 is 9.15 Å². The number of hydrogen-bond acceptors (Lipinski definition) is 5. The lowest BCUT2D eigenvalue weighted by atomic mass is 9.85. The van der Waals surface area contributed by atoms with Crippen molar-refractivity contribution in [2.24, 2.45) is 0 Å². The maximum atomic E-state index is 12.3. The van der Waals surface area contributed by atoms with Crippen LogP contribution in [0.5, 0.6) is 6.01 Å². The minimum atomic E-state index is -0.565. The van der Waals surface area contributed by atoms with Gasteiger partial charge in [-0.2, -0.15) is 4.98 Å². The highest BCUT2D eigenvalue weighted by molar-refractivity contribution is 6.37. The van der Waals surface area contributed by atoms with Gasteiger partial charge in [0.05, 0.1) is 0 Å². The molecule has 0 bridgehead atoms. The molecule has 1 N–H and O–H groups in total. The number of fused-ring (bicyclic) bond motifs is 1. The van der Waals surface area contributed by atoms with Gasteiger partial charge in [-0.1, -0.05) is 36.0 Å². The van der Waals surface area contributed by atoms with Crippen LogP contribution in [0.1, 0.15) is 31.1 Å². The molecule has 2 heterocycles. The summed E-state index contributed by atoms with van der Waals surface area (Å²) in [7, 11) is 11.6. The van der Waals surface area contributed by atoms with Gasteiger partial charge in [-0.15, -0.1) is 0 Å². The molecule has 0 aliphatic rings. The quantitative estimate of drug-likeness (QED) is 0.689. The number of aryl methyl sites for hydroxylation is 1. The van der Waals surface area contributed by atoms with E-state index in [-0.39, 0.29) is 17.1 Å². The Morgan fingerprint density at radius 1 is 1.20 bits per heavy atom. The Morgan fingerprint density at radius 2 is 1.88 bits per heavy atom. The Bertz CT molecular complexity index is 1040. The fourth-order valence-corrected chi connectivity index (χ4v) is 2.64. The van der Waals surface area contributed by atoms with Crippen LogP contribution in [0.2, 0.25) is 0 Å². The van der Waals surface area contributed by atoms with Gasteiger partial charge in [0.15, 0.2) is 0 Å². The van der Waals surface area contributed by atoms with Crippen LogP contribution >= 0.6 is 0 Å². The van der Waals surface area contributed by atoms with Crippen molar-refractivity contribution in [1.82, 2.24) is 9.97 Å². The van der Waals surface area contributed by atoms with E-state index in [1.807, 2.05) is 6.92 Å². The van der Waals surface area contributed by atoms with E-state index < -0.39 is 17.3 Å². The summed E-state index contributed by atoms with van der Waals surface area (Å²) in [5, 5.41) is 0.246. The lowest BCUT2D eigenvalue weighted by Crippen LogP contribution is -2.19. The molecule has 3 aromatic rings. The van der Waals surface area contributed by atoms with E-state index in [0.29, 0.717) is 22.9 Å². The van der Waals surface area contributed by atoms with Crippen molar-refractivity contribution in [3.63, 3.8) is 0 Å². The molecule has 8 heteroatoms. The number of H-pyrrole nitrogens is 1. The fraction of sp³-hybridized carbons (Fsp3) is 0.235. The first kappa shape index (κ1) is 17.1. The SMILES string of the molecule is [B]c1cc([B])cc([C@H](C)Oc2nc3oc(=O)cc(CC)c3c(=O)[nH]2)c1. The highest BCUT2D eigenvalue weighted by atomic mass is 16.5. The molecule has 122 valence electrons. The molecular weight excluding hydrogens is 318 g/mol. The second kappa shape index (κ2) is 6.63. The van der Waals surface area contributed by atoms with E-state index >= 15 is 0 Å². The van der Waals surface area contributed by atoms with Gasteiger partial charge in [-0.25, -0.2) is 4.79 Å². The smallest absolute Gasteiger partial charge is 0.337 e. The summed E-state index contributed by atoms with van der Waals surface area (Å²) in [5.41, 5.74) is 1.26. The maximum Gasteiger partial charge on any atom is 0.337 e. The third kappa shape index (κ3) is 3.52. The van der Waals surface area contributed by atoms with Crippen LogP contribution in [0.4, 0.5) is 0 Å². The first-order chi connectivity index (χ1) is 11.9. The fourth-order valence-electron chi connectivity index (χ4n) is 2.64. The molecule has 0 saturated carbocycles. The lowest BCUT2D eigenvalue weighted by Gasteiger charge is -2.15. The number of aromatic amines is 1. The number of benzene rings is 1. The van der Waals surface area contributed by atoms with Crippen molar-refractivity contribution in [2.75, 3.05) is 0 Å². The molecule has 0 aliphatic carbocycles. The van der Waals surface area contributed by atoms with Gasteiger partial charge < -0.3 is 9.15 Å². The van der Waals surface area contributed by atoms with Gasteiger partial charge >= 0.3 is 5.63 Å². The minimum Gasteiger partial charge on any atom is -0.457 e. The molecule has 25 heavy (non-hydrogen) atoms. The van der Waals surface area contributed by atoms with E-state index in [2.05, 4.69) is 9.97 Å². The predicted molar refractivity (Wildman–Crippen MR) is 96.5 cm³/mol. The second-order valence-corrected chi connectivity index (χ2v) is 5.69. The summed E-state index contributed by atoms with van der Waals surface area (Å²) in [6, 6.07) is 6.30. The average Bonchev–Trinajstić information content (AvgIpc) is 2.52. The van der Waals surface area contributed by atoms with Crippen LogP contribution in [0.15, 0.2) is 38.3 Å². The molecule has 3 rings (SSSR count). The van der Waals surface area contributed by atoms with Crippen molar-refractivity contribution in [2.45, 2.75) is 26.4 Å². The van der Waals surface area contributed by atoms with Crippen molar-refractivity contribution >= 4 is 37.7 Å². The molecule has 2 aromatic heterocycles. The van der Waals surface area contributed by atoms with Crippen molar-refractivity contribution in [3.8, 4) is 6.01 Å². The van der Waals surface area contributed by atoms with Crippen molar-refractivity contribution in [1.29, 1.82) is 0 Å². The van der Waals surface area contributed by atoms with E-state index in [1.165, 1.54) is 6.07 Å². The molecule has 1 aromatic carbocycles.